The van der Waals surface area contributed by atoms with E-state index >= 15 is 0 Å². The van der Waals surface area contributed by atoms with Crippen molar-refractivity contribution >= 4 is 5.97 Å². The minimum Gasteiger partial charge on any atom is -0.263 e. The summed E-state index contributed by atoms with van der Waals surface area (Å²) < 4.78 is 0. The number of carbonyl (C=O) groups is 1. The summed E-state index contributed by atoms with van der Waals surface area (Å²) in [5.74, 6) is -0.559. The Hall–Kier alpha value is -1.39. The van der Waals surface area contributed by atoms with E-state index in [0.717, 1.165) is 19.3 Å². The molecule has 0 fully saturated rings. The van der Waals surface area contributed by atoms with E-state index in [1.54, 1.807) is 24.3 Å². The van der Waals surface area contributed by atoms with Crippen molar-refractivity contribution in [3.8, 4) is 0 Å². The zero-order valence-corrected chi connectivity index (χ0v) is 9.35. The SMILES string of the molecule is CCCCCOOOC(=O)c1ccccc1. The first-order chi connectivity index (χ1) is 7.84. The summed E-state index contributed by atoms with van der Waals surface area (Å²) in [6, 6.07) is 8.60. The summed E-state index contributed by atoms with van der Waals surface area (Å²) in [6.45, 7) is 2.52. The normalized spacial score (nSPS) is 10.1. The van der Waals surface area contributed by atoms with Crippen molar-refractivity contribution in [2.24, 2.45) is 0 Å². The maximum atomic E-state index is 11.3. The van der Waals surface area contributed by atoms with Crippen molar-refractivity contribution in [3.05, 3.63) is 35.9 Å². The number of rotatable bonds is 7. The van der Waals surface area contributed by atoms with Crippen LogP contribution in [0.1, 0.15) is 36.5 Å². The van der Waals surface area contributed by atoms with Crippen molar-refractivity contribution < 1.29 is 19.6 Å². The number of unbranched alkanes of at least 4 members (excludes halogenated alkanes) is 2. The summed E-state index contributed by atoms with van der Waals surface area (Å²) in [5, 5.41) is 4.35. The molecular weight excluding hydrogens is 208 g/mol. The molecule has 0 heterocycles. The molecule has 0 spiro atoms. The molecule has 0 aliphatic carbocycles. The topological polar surface area (TPSA) is 44.8 Å². The molecule has 1 rings (SSSR count). The Morgan fingerprint density at radius 1 is 1.19 bits per heavy atom. The lowest BCUT2D eigenvalue weighted by Crippen LogP contribution is -2.07. The second-order valence-corrected chi connectivity index (χ2v) is 3.33. The van der Waals surface area contributed by atoms with Gasteiger partial charge in [0.2, 0.25) is 0 Å². The predicted octanol–water partition coefficient (Wildman–Crippen LogP) is 2.90. The van der Waals surface area contributed by atoms with Crippen LogP contribution < -0.4 is 0 Å². The molecule has 0 unspecified atom stereocenters. The molecule has 1 aromatic carbocycles. The van der Waals surface area contributed by atoms with Gasteiger partial charge in [-0.2, -0.15) is 4.89 Å². The minimum atomic E-state index is -0.559. The fourth-order valence-corrected chi connectivity index (χ4v) is 1.12. The smallest absolute Gasteiger partial charge is 0.263 e. The van der Waals surface area contributed by atoms with E-state index < -0.39 is 5.97 Å². The Morgan fingerprint density at radius 3 is 2.62 bits per heavy atom. The number of benzene rings is 1. The van der Waals surface area contributed by atoms with Gasteiger partial charge in [0.15, 0.2) is 0 Å². The first-order valence-electron chi connectivity index (χ1n) is 5.40. The summed E-state index contributed by atoms with van der Waals surface area (Å²) in [4.78, 5) is 20.4. The highest BCUT2D eigenvalue weighted by Gasteiger charge is 2.07. The molecule has 0 aliphatic heterocycles. The number of carbonyl (C=O) groups excluding carboxylic acids is 1. The molecule has 0 saturated carbocycles. The van der Waals surface area contributed by atoms with Crippen LogP contribution in [0.25, 0.3) is 0 Å². The molecule has 0 N–H and O–H groups in total. The quantitative estimate of drug-likeness (QED) is 0.406. The Morgan fingerprint density at radius 2 is 1.94 bits per heavy atom. The van der Waals surface area contributed by atoms with Gasteiger partial charge in [-0.3, -0.25) is 4.89 Å². The molecule has 1 aromatic rings. The van der Waals surface area contributed by atoms with Crippen LogP contribution in [-0.2, 0) is 14.8 Å². The molecule has 4 nitrogen and oxygen atoms in total. The standard InChI is InChI=1S/C12H16O4/c1-2-3-7-10-14-16-15-12(13)11-8-5-4-6-9-11/h4-6,8-9H,2-3,7,10H2,1H3. The summed E-state index contributed by atoms with van der Waals surface area (Å²) in [7, 11) is 0. The number of hydrogen-bond donors (Lipinski definition) is 0. The summed E-state index contributed by atoms with van der Waals surface area (Å²) in [6.07, 6.45) is 3.06. The lowest BCUT2D eigenvalue weighted by atomic mass is 10.2. The van der Waals surface area contributed by atoms with E-state index in [-0.39, 0.29) is 0 Å². The van der Waals surface area contributed by atoms with E-state index in [2.05, 4.69) is 21.7 Å². The van der Waals surface area contributed by atoms with Crippen LogP contribution in [0.3, 0.4) is 0 Å². The van der Waals surface area contributed by atoms with Gasteiger partial charge >= 0.3 is 5.97 Å². The molecule has 0 amide bonds. The fraction of sp³-hybridized carbons (Fsp3) is 0.417. The molecule has 0 saturated heterocycles. The van der Waals surface area contributed by atoms with Gasteiger partial charge in [-0.1, -0.05) is 38.0 Å². The van der Waals surface area contributed by atoms with Crippen molar-refractivity contribution in [2.75, 3.05) is 6.61 Å². The lowest BCUT2D eigenvalue weighted by molar-refractivity contribution is -0.481. The average Bonchev–Trinajstić information content (AvgIpc) is 2.34. The lowest BCUT2D eigenvalue weighted by Gasteiger charge is -2.02. The van der Waals surface area contributed by atoms with E-state index in [1.165, 1.54) is 0 Å². The van der Waals surface area contributed by atoms with Crippen LogP contribution in [-0.4, -0.2) is 12.6 Å². The van der Waals surface area contributed by atoms with Gasteiger partial charge in [-0.25, -0.2) is 4.79 Å². The van der Waals surface area contributed by atoms with Gasteiger partial charge in [0.25, 0.3) is 0 Å². The Bertz CT molecular complexity index is 297. The van der Waals surface area contributed by atoms with E-state index in [9.17, 15) is 4.79 Å². The maximum absolute atomic E-state index is 11.3. The largest absolute Gasteiger partial charge is 0.376 e. The Labute approximate surface area is 95.0 Å². The van der Waals surface area contributed by atoms with Gasteiger partial charge in [-0.05, 0) is 23.6 Å². The highest BCUT2D eigenvalue weighted by Crippen LogP contribution is 2.02. The third-order valence-electron chi connectivity index (χ3n) is 2.00. The molecule has 0 aromatic heterocycles. The summed E-state index contributed by atoms with van der Waals surface area (Å²) >= 11 is 0. The van der Waals surface area contributed by atoms with Crippen LogP contribution in [0.4, 0.5) is 0 Å². The highest BCUT2D eigenvalue weighted by molar-refractivity contribution is 5.88. The molecule has 0 aliphatic rings. The zero-order valence-electron chi connectivity index (χ0n) is 9.35. The van der Waals surface area contributed by atoms with Crippen LogP contribution in [0, 0.1) is 0 Å². The van der Waals surface area contributed by atoms with Crippen LogP contribution in [0.2, 0.25) is 0 Å². The molecular formula is C12H16O4. The first-order valence-corrected chi connectivity index (χ1v) is 5.40. The van der Waals surface area contributed by atoms with Gasteiger partial charge in [-0.15, -0.1) is 0 Å². The van der Waals surface area contributed by atoms with E-state index in [4.69, 9.17) is 0 Å². The third kappa shape index (κ3) is 4.91. The first kappa shape index (κ1) is 12.7. The molecule has 88 valence electrons. The van der Waals surface area contributed by atoms with Gasteiger partial charge in [0, 0.05) is 0 Å². The maximum Gasteiger partial charge on any atom is 0.376 e. The van der Waals surface area contributed by atoms with Crippen LogP contribution in [0.5, 0.6) is 0 Å². The zero-order chi connectivity index (χ0) is 11.6. The van der Waals surface area contributed by atoms with Crippen molar-refractivity contribution in [2.45, 2.75) is 26.2 Å². The molecule has 0 atom stereocenters. The van der Waals surface area contributed by atoms with Gasteiger partial charge in [0.1, 0.15) is 0 Å². The van der Waals surface area contributed by atoms with Gasteiger partial charge < -0.3 is 0 Å². The molecule has 0 radical (unpaired) electrons. The van der Waals surface area contributed by atoms with Crippen LogP contribution >= 0.6 is 0 Å². The highest BCUT2D eigenvalue weighted by atomic mass is 17.5. The van der Waals surface area contributed by atoms with Crippen molar-refractivity contribution in [1.29, 1.82) is 0 Å². The summed E-state index contributed by atoms with van der Waals surface area (Å²) in [5.41, 5.74) is 0.430. The fourth-order valence-electron chi connectivity index (χ4n) is 1.12. The van der Waals surface area contributed by atoms with Crippen LogP contribution in [0.15, 0.2) is 30.3 Å². The molecule has 4 heteroatoms. The van der Waals surface area contributed by atoms with E-state index in [0.29, 0.717) is 12.2 Å². The average molecular weight is 224 g/mol. The third-order valence-corrected chi connectivity index (χ3v) is 2.00. The van der Waals surface area contributed by atoms with Gasteiger partial charge in [0.05, 0.1) is 12.2 Å². The second kappa shape index (κ2) is 7.84. The Kier molecular flexibility index (Phi) is 6.22. The Balaban J connectivity index is 2.12. The molecule has 16 heavy (non-hydrogen) atoms. The van der Waals surface area contributed by atoms with Crippen molar-refractivity contribution in [1.82, 2.24) is 0 Å². The predicted molar refractivity (Wildman–Crippen MR) is 58.4 cm³/mol. The monoisotopic (exact) mass is 224 g/mol. The van der Waals surface area contributed by atoms with Crippen molar-refractivity contribution in [3.63, 3.8) is 0 Å². The molecule has 0 bridgehead atoms. The second-order valence-electron chi connectivity index (χ2n) is 3.33. The minimum absolute atomic E-state index is 0.426. The number of hydrogen-bond acceptors (Lipinski definition) is 4. The van der Waals surface area contributed by atoms with E-state index in [1.807, 2.05) is 6.07 Å².